The van der Waals surface area contributed by atoms with E-state index in [0.717, 1.165) is 13.6 Å². The first-order valence-corrected chi connectivity index (χ1v) is 7.25. The second kappa shape index (κ2) is 5.84. The second-order valence-electron chi connectivity index (χ2n) is 4.00. The molecule has 0 saturated heterocycles. The molecule has 0 aromatic heterocycles. The molecule has 0 aliphatic rings. The number of rotatable bonds is 3. The number of hydrogen-bond donors (Lipinski definition) is 1. The van der Waals surface area contributed by atoms with Crippen LogP contribution in [-0.2, 0) is 6.42 Å². The van der Waals surface area contributed by atoms with Crippen LogP contribution in [0.25, 0.3) is 0 Å². The lowest BCUT2D eigenvalue weighted by Crippen LogP contribution is -2.04. The monoisotopic (exact) mass is 415 g/mol. The topological polar surface area (TPSA) is 43.1 Å². The number of nitrogen functional groups attached to an aromatic ring is 1. The van der Waals surface area contributed by atoms with Gasteiger partial charge in [0.1, 0.15) is 0 Å². The Kier molecular flexibility index (Phi) is 4.40. The largest absolute Gasteiger partial charge is 0.399 e. The molecule has 18 heavy (non-hydrogen) atoms. The zero-order valence-electron chi connectivity index (χ0n) is 9.49. The van der Waals surface area contributed by atoms with Gasteiger partial charge in [-0.2, -0.15) is 0 Å². The van der Waals surface area contributed by atoms with Gasteiger partial charge in [0.05, 0.1) is 0 Å². The molecule has 0 amide bonds. The molecule has 0 atom stereocenters. The Morgan fingerprint density at radius 3 is 2.44 bits per heavy atom. The Bertz CT molecular complexity index is 561. The highest BCUT2D eigenvalue weighted by molar-refractivity contribution is 14.1. The number of halogens is 2. The molecule has 92 valence electrons. The van der Waals surface area contributed by atoms with Gasteiger partial charge in [-0.15, -0.1) is 0 Å². The van der Waals surface area contributed by atoms with Gasteiger partial charge in [0, 0.05) is 25.7 Å². The van der Waals surface area contributed by atoms with E-state index in [1.165, 1.54) is 0 Å². The first-order chi connectivity index (χ1) is 8.54. The van der Waals surface area contributed by atoms with E-state index in [2.05, 4.69) is 38.5 Å². The lowest BCUT2D eigenvalue weighted by Gasteiger charge is -2.04. The number of carbonyl (C=O) groups is 1. The molecule has 0 radical (unpaired) electrons. The van der Waals surface area contributed by atoms with Gasteiger partial charge in [0.15, 0.2) is 5.78 Å². The number of carbonyl (C=O) groups excluding carboxylic acids is 1. The minimum Gasteiger partial charge on any atom is -0.399 e. The minimum absolute atomic E-state index is 0.0733. The van der Waals surface area contributed by atoms with E-state index in [4.69, 9.17) is 5.73 Å². The zero-order chi connectivity index (χ0) is 13.1. The molecule has 0 unspecified atom stereocenters. The molecule has 2 aromatic carbocycles. The molecular formula is C14H11BrINO. The van der Waals surface area contributed by atoms with E-state index in [1.807, 2.05) is 24.3 Å². The average Bonchev–Trinajstić information content (AvgIpc) is 2.31. The molecule has 0 aliphatic carbocycles. The van der Waals surface area contributed by atoms with Gasteiger partial charge < -0.3 is 5.73 Å². The number of hydrogen-bond acceptors (Lipinski definition) is 2. The van der Waals surface area contributed by atoms with Gasteiger partial charge in [-0.3, -0.25) is 4.79 Å². The van der Waals surface area contributed by atoms with Crippen LogP contribution in [0.4, 0.5) is 5.69 Å². The molecule has 0 fully saturated rings. The molecule has 0 bridgehead atoms. The van der Waals surface area contributed by atoms with Crippen molar-refractivity contribution in [3.8, 4) is 0 Å². The third-order valence-electron chi connectivity index (χ3n) is 2.52. The fourth-order valence-corrected chi connectivity index (χ4v) is 2.53. The molecule has 4 heteroatoms. The summed E-state index contributed by atoms with van der Waals surface area (Å²) < 4.78 is 1.99. The number of anilines is 1. The molecule has 0 spiro atoms. The smallest absolute Gasteiger partial charge is 0.167 e. The lowest BCUT2D eigenvalue weighted by atomic mass is 10.0. The summed E-state index contributed by atoms with van der Waals surface area (Å²) in [5.41, 5.74) is 7.97. The van der Waals surface area contributed by atoms with Crippen LogP contribution in [0.1, 0.15) is 15.9 Å². The van der Waals surface area contributed by atoms with Crippen LogP contribution in [0, 0.1) is 3.57 Å². The number of nitrogens with two attached hydrogens (primary N) is 1. The van der Waals surface area contributed by atoms with Gasteiger partial charge in [-0.05, 0) is 58.5 Å². The summed E-state index contributed by atoms with van der Waals surface area (Å²) in [4.78, 5) is 12.1. The Labute approximate surface area is 128 Å². The Morgan fingerprint density at radius 1 is 1.17 bits per heavy atom. The van der Waals surface area contributed by atoms with Crippen molar-refractivity contribution in [2.75, 3.05) is 5.73 Å². The summed E-state index contributed by atoms with van der Waals surface area (Å²) in [5, 5.41) is 0. The fraction of sp³-hybridized carbons (Fsp3) is 0.0714. The van der Waals surface area contributed by atoms with Crippen molar-refractivity contribution in [3.63, 3.8) is 0 Å². The normalized spacial score (nSPS) is 10.3. The van der Waals surface area contributed by atoms with Crippen molar-refractivity contribution < 1.29 is 4.79 Å². The fourth-order valence-electron chi connectivity index (χ4n) is 1.66. The van der Waals surface area contributed by atoms with Crippen molar-refractivity contribution in [1.29, 1.82) is 0 Å². The van der Waals surface area contributed by atoms with Gasteiger partial charge in [-0.1, -0.05) is 28.1 Å². The highest BCUT2D eigenvalue weighted by atomic mass is 127. The average molecular weight is 416 g/mol. The second-order valence-corrected chi connectivity index (χ2v) is 6.16. The maximum atomic E-state index is 12.1. The Morgan fingerprint density at radius 2 is 1.83 bits per heavy atom. The first kappa shape index (κ1) is 13.5. The van der Waals surface area contributed by atoms with Crippen molar-refractivity contribution in [2.24, 2.45) is 0 Å². The molecule has 0 heterocycles. The van der Waals surface area contributed by atoms with E-state index in [0.29, 0.717) is 17.7 Å². The highest BCUT2D eigenvalue weighted by Crippen LogP contribution is 2.19. The molecule has 2 nitrogen and oxygen atoms in total. The quantitative estimate of drug-likeness (QED) is 0.466. The third-order valence-corrected chi connectivity index (χ3v) is 3.70. The van der Waals surface area contributed by atoms with Crippen LogP contribution in [0.5, 0.6) is 0 Å². The van der Waals surface area contributed by atoms with Crippen LogP contribution in [0.15, 0.2) is 46.9 Å². The standard InChI is InChI=1S/C14H11BrINO/c15-11-6-10(7-13(17)8-11)14(18)5-9-1-3-12(16)4-2-9/h1-4,6-8H,5,17H2. The van der Waals surface area contributed by atoms with Crippen LogP contribution >= 0.6 is 38.5 Å². The number of Topliss-reactive ketones (excluding diaryl/α,β-unsaturated/α-hetero) is 1. The van der Waals surface area contributed by atoms with Crippen LogP contribution in [0.3, 0.4) is 0 Å². The molecule has 2 N–H and O–H groups in total. The molecular weight excluding hydrogens is 405 g/mol. The molecule has 0 aliphatic heterocycles. The minimum atomic E-state index is 0.0733. The van der Waals surface area contributed by atoms with Gasteiger partial charge in [0.2, 0.25) is 0 Å². The third kappa shape index (κ3) is 3.55. The number of benzene rings is 2. The summed E-state index contributed by atoms with van der Waals surface area (Å²) in [7, 11) is 0. The van der Waals surface area contributed by atoms with E-state index in [1.54, 1.807) is 18.2 Å². The summed E-state index contributed by atoms with van der Waals surface area (Å²) in [6.07, 6.45) is 0.396. The summed E-state index contributed by atoms with van der Waals surface area (Å²) in [5.74, 6) is 0.0733. The van der Waals surface area contributed by atoms with E-state index < -0.39 is 0 Å². The van der Waals surface area contributed by atoms with Crippen molar-refractivity contribution in [2.45, 2.75) is 6.42 Å². The lowest BCUT2D eigenvalue weighted by molar-refractivity contribution is 0.0993. The first-order valence-electron chi connectivity index (χ1n) is 5.38. The summed E-state index contributed by atoms with van der Waals surface area (Å²) in [6.45, 7) is 0. The van der Waals surface area contributed by atoms with E-state index >= 15 is 0 Å². The predicted molar refractivity (Wildman–Crippen MR) is 85.7 cm³/mol. The number of ketones is 1. The highest BCUT2D eigenvalue weighted by Gasteiger charge is 2.08. The van der Waals surface area contributed by atoms with Crippen LogP contribution in [0.2, 0.25) is 0 Å². The van der Waals surface area contributed by atoms with Crippen LogP contribution < -0.4 is 5.73 Å². The van der Waals surface area contributed by atoms with Crippen molar-refractivity contribution in [1.82, 2.24) is 0 Å². The maximum Gasteiger partial charge on any atom is 0.167 e. The van der Waals surface area contributed by atoms with Crippen LogP contribution in [-0.4, -0.2) is 5.78 Å². The molecule has 2 rings (SSSR count). The Balaban J connectivity index is 2.19. The van der Waals surface area contributed by atoms with Gasteiger partial charge in [-0.25, -0.2) is 0 Å². The van der Waals surface area contributed by atoms with Gasteiger partial charge in [0.25, 0.3) is 0 Å². The van der Waals surface area contributed by atoms with Crippen molar-refractivity contribution in [3.05, 3.63) is 61.6 Å². The summed E-state index contributed by atoms with van der Waals surface area (Å²) >= 11 is 5.59. The van der Waals surface area contributed by atoms with Crippen molar-refractivity contribution >= 4 is 50.0 Å². The maximum absolute atomic E-state index is 12.1. The Hall–Kier alpha value is -0.880. The SMILES string of the molecule is Nc1cc(Br)cc(C(=O)Cc2ccc(I)cc2)c1. The summed E-state index contributed by atoms with van der Waals surface area (Å²) in [6, 6.07) is 13.2. The zero-order valence-corrected chi connectivity index (χ0v) is 13.2. The van der Waals surface area contributed by atoms with E-state index in [-0.39, 0.29) is 5.78 Å². The van der Waals surface area contributed by atoms with Gasteiger partial charge >= 0.3 is 0 Å². The molecule has 2 aromatic rings. The predicted octanol–water partition coefficient (Wildman–Crippen LogP) is 4.06. The molecule has 0 saturated carbocycles. The van der Waals surface area contributed by atoms with E-state index in [9.17, 15) is 4.79 Å².